The van der Waals surface area contributed by atoms with E-state index in [0.29, 0.717) is 0 Å². The largest absolute Gasteiger partial charge is 0.494 e. The highest BCUT2D eigenvalue weighted by Gasteiger charge is 1.95. The van der Waals surface area contributed by atoms with Crippen LogP contribution >= 0.6 is 0 Å². The fourth-order valence-corrected chi connectivity index (χ4v) is 2.56. The monoisotopic (exact) mass is 371 g/mol. The quantitative estimate of drug-likeness (QED) is 0.219. The van der Waals surface area contributed by atoms with Gasteiger partial charge in [-0.1, -0.05) is 38.0 Å². The van der Waals surface area contributed by atoms with Crippen LogP contribution in [0.5, 0.6) is 5.75 Å². The third-order valence-electron chi connectivity index (χ3n) is 4.15. The Morgan fingerprint density at radius 2 is 1.36 bits per heavy atom. The Hall–Kier alpha value is -3.27. The third-order valence-corrected chi connectivity index (χ3v) is 4.15. The molecule has 0 saturated heterocycles. The summed E-state index contributed by atoms with van der Waals surface area (Å²) in [5.74, 6) is 0.904. The summed E-state index contributed by atoms with van der Waals surface area (Å²) >= 11 is 0. The fourth-order valence-electron chi connectivity index (χ4n) is 2.56. The molecule has 0 aromatic heterocycles. The van der Waals surface area contributed by atoms with E-state index < -0.39 is 0 Å². The van der Waals surface area contributed by atoms with E-state index in [1.165, 1.54) is 12.8 Å². The highest BCUT2D eigenvalue weighted by atomic mass is 16.5. The van der Waals surface area contributed by atoms with Gasteiger partial charge in [0.1, 0.15) is 5.75 Å². The molecule has 4 nitrogen and oxygen atoms in total. The molecule has 0 amide bonds. The first kappa shape index (κ1) is 19.5. The van der Waals surface area contributed by atoms with Gasteiger partial charge in [-0.15, -0.1) is 0 Å². The van der Waals surface area contributed by atoms with Gasteiger partial charge >= 0.3 is 0 Å². The molecule has 0 atom stereocenters. The molecule has 3 rings (SSSR count). The van der Waals surface area contributed by atoms with Crippen molar-refractivity contribution in [2.24, 2.45) is 15.2 Å². The van der Waals surface area contributed by atoms with E-state index in [-0.39, 0.29) is 0 Å². The SMILES string of the molecule is CCCCCOc1ccc(C=Nc2ccc(N=Nc3ccccc3)cc2)cc1. The summed E-state index contributed by atoms with van der Waals surface area (Å²) in [4.78, 5) is 4.51. The molecule has 0 unspecified atom stereocenters. The number of benzene rings is 3. The molecule has 0 radical (unpaired) electrons. The lowest BCUT2D eigenvalue weighted by atomic mass is 10.2. The first-order chi connectivity index (χ1) is 13.8. The summed E-state index contributed by atoms with van der Waals surface area (Å²) in [7, 11) is 0. The zero-order chi connectivity index (χ0) is 19.4. The second-order valence-electron chi connectivity index (χ2n) is 6.43. The van der Waals surface area contributed by atoms with E-state index in [4.69, 9.17) is 4.74 Å². The maximum atomic E-state index is 5.73. The molecule has 3 aromatic carbocycles. The smallest absolute Gasteiger partial charge is 0.119 e. The van der Waals surface area contributed by atoms with Gasteiger partial charge in [-0.25, -0.2) is 0 Å². The van der Waals surface area contributed by atoms with Crippen LogP contribution in [-0.4, -0.2) is 12.8 Å². The lowest BCUT2D eigenvalue weighted by molar-refractivity contribution is 0.306. The molecule has 0 fully saturated rings. The van der Waals surface area contributed by atoms with Crippen LogP contribution in [0.4, 0.5) is 17.1 Å². The average molecular weight is 371 g/mol. The van der Waals surface area contributed by atoms with E-state index in [9.17, 15) is 0 Å². The van der Waals surface area contributed by atoms with Crippen LogP contribution in [0.1, 0.15) is 31.7 Å². The van der Waals surface area contributed by atoms with Gasteiger partial charge in [-0.2, -0.15) is 10.2 Å². The number of ether oxygens (including phenoxy) is 1. The summed E-state index contributed by atoms with van der Waals surface area (Å²) in [6, 6.07) is 25.4. The molecule has 0 heterocycles. The molecule has 0 N–H and O–H groups in total. The predicted octanol–water partition coefficient (Wildman–Crippen LogP) is 7.42. The lowest BCUT2D eigenvalue weighted by Crippen LogP contribution is -1.96. The van der Waals surface area contributed by atoms with Gasteiger partial charge in [0.05, 0.1) is 23.7 Å². The molecule has 0 saturated carbocycles. The second kappa shape index (κ2) is 10.8. The maximum absolute atomic E-state index is 5.73. The highest BCUT2D eigenvalue weighted by molar-refractivity contribution is 5.82. The van der Waals surface area contributed by atoms with E-state index in [2.05, 4.69) is 22.1 Å². The van der Waals surface area contributed by atoms with Crippen molar-refractivity contribution >= 4 is 23.3 Å². The summed E-state index contributed by atoms with van der Waals surface area (Å²) in [5.41, 5.74) is 3.54. The van der Waals surface area contributed by atoms with E-state index in [1.54, 1.807) is 0 Å². The van der Waals surface area contributed by atoms with Gasteiger partial charge in [0.2, 0.25) is 0 Å². The van der Waals surface area contributed by atoms with Crippen molar-refractivity contribution in [3.8, 4) is 5.75 Å². The Kier molecular flexibility index (Phi) is 7.50. The standard InChI is InChI=1S/C24H25N3O/c1-2-3-7-18-28-24-16-10-20(11-17-24)19-25-21-12-14-23(15-13-21)27-26-22-8-5-4-6-9-22/h4-6,8-17,19H,2-3,7,18H2,1H3. The minimum atomic E-state index is 0.773. The summed E-state index contributed by atoms with van der Waals surface area (Å²) in [6.07, 6.45) is 5.36. The van der Waals surface area contributed by atoms with Gasteiger partial charge < -0.3 is 4.74 Å². The molecule has 4 heteroatoms. The van der Waals surface area contributed by atoms with E-state index >= 15 is 0 Å². The highest BCUT2D eigenvalue weighted by Crippen LogP contribution is 2.21. The van der Waals surface area contributed by atoms with Crippen LogP contribution in [0.2, 0.25) is 0 Å². The van der Waals surface area contributed by atoms with Crippen molar-refractivity contribution in [2.45, 2.75) is 26.2 Å². The number of azo groups is 1. The minimum absolute atomic E-state index is 0.773. The summed E-state index contributed by atoms with van der Waals surface area (Å²) < 4.78 is 5.73. The van der Waals surface area contributed by atoms with Crippen molar-refractivity contribution in [3.63, 3.8) is 0 Å². The van der Waals surface area contributed by atoms with Crippen LogP contribution in [0.3, 0.4) is 0 Å². The van der Waals surface area contributed by atoms with Crippen LogP contribution in [-0.2, 0) is 0 Å². The molecule has 142 valence electrons. The van der Waals surface area contributed by atoms with E-state index in [0.717, 1.165) is 41.4 Å². The summed E-state index contributed by atoms with van der Waals surface area (Å²) in [6.45, 7) is 2.96. The Morgan fingerprint density at radius 3 is 2.04 bits per heavy atom. The molecular formula is C24H25N3O. The molecule has 0 aliphatic rings. The number of rotatable bonds is 9. The molecule has 0 bridgehead atoms. The van der Waals surface area contributed by atoms with Crippen molar-refractivity contribution in [3.05, 3.63) is 84.4 Å². The Labute approximate surface area is 166 Å². The third kappa shape index (κ3) is 6.47. The predicted molar refractivity (Wildman–Crippen MR) is 116 cm³/mol. The Morgan fingerprint density at radius 1 is 0.714 bits per heavy atom. The molecule has 0 aliphatic heterocycles. The first-order valence-corrected chi connectivity index (χ1v) is 9.67. The van der Waals surface area contributed by atoms with Crippen LogP contribution < -0.4 is 4.74 Å². The second-order valence-corrected chi connectivity index (χ2v) is 6.43. The number of unbranched alkanes of at least 4 members (excludes halogenated alkanes) is 2. The normalized spacial score (nSPS) is 11.3. The zero-order valence-electron chi connectivity index (χ0n) is 16.2. The van der Waals surface area contributed by atoms with Crippen molar-refractivity contribution in [1.82, 2.24) is 0 Å². The topological polar surface area (TPSA) is 46.3 Å². The molecule has 0 spiro atoms. The van der Waals surface area contributed by atoms with Gasteiger partial charge in [0, 0.05) is 6.21 Å². The minimum Gasteiger partial charge on any atom is -0.494 e. The Bertz CT molecular complexity index is 885. The van der Waals surface area contributed by atoms with Crippen molar-refractivity contribution in [1.29, 1.82) is 0 Å². The van der Waals surface area contributed by atoms with Crippen LogP contribution in [0.15, 0.2) is 94.1 Å². The molecular weight excluding hydrogens is 346 g/mol. The van der Waals surface area contributed by atoms with Crippen molar-refractivity contribution in [2.75, 3.05) is 6.61 Å². The molecule has 28 heavy (non-hydrogen) atoms. The van der Waals surface area contributed by atoms with Crippen LogP contribution in [0.25, 0.3) is 0 Å². The number of hydrogen-bond donors (Lipinski definition) is 0. The van der Waals surface area contributed by atoms with Gasteiger partial charge in [-0.05, 0) is 72.6 Å². The molecule has 0 aliphatic carbocycles. The molecule has 3 aromatic rings. The van der Waals surface area contributed by atoms with Crippen LogP contribution in [0, 0.1) is 0 Å². The Balaban J connectivity index is 1.53. The lowest BCUT2D eigenvalue weighted by Gasteiger charge is -2.05. The number of nitrogens with zero attached hydrogens (tertiary/aromatic N) is 3. The summed E-state index contributed by atoms with van der Waals surface area (Å²) in [5, 5.41) is 8.45. The number of hydrogen-bond acceptors (Lipinski definition) is 4. The van der Waals surface area contributed by atoms with Gasteiger partial charge in [0.15, 0.2) is 0 Å². The zero-order valence-corrected chi connectivity index (χ0v) is 16.2. The average Bonchev–Trinajstić information content (AvgIpc) is 2.76. The van der Waals surface area contributed by atoms with E-state index in [1.807, 2.05) is 85.1 Å². The number of aliphatic imine (C=N–C) groups is 1. The first-order valence-electron chi connectivity index (χ1n) is 9.67. The fraction of sp³-hybridized carbons (Fsp3) is 0.208. The van der Waals surface area contributed by atoms with Gasteiger partial charge in [0.25, 0.3) is 0 Å². The van der Waals surface area contributed by atoms with Crippen molar-refractivity contribution < 1.29 is 4.74 Å². The maximum Gasteiger partial charge on any atom is 0.119 e. The van der Waals surface area contributed by atoms with Gasteiger partial charge in [-0.3, -0.25) is 4.99 Å².